The number of rotatable bonds is 4. The lowest BCUT2D eigenvalue weighted by molar-refractivity contribution is 0.411. The minimum absolute atomic E-state index is 0.264. The summed E-state index contributed by atoms with van der Waals surface area (Å²) in [6.07, 6.45) is 0. The number of anilines is 1. The molecule has 1 N–H and O–H groups in total. The SMILES string of the molecule is COc1ccc(CNc2c(F)cccc2Br)cc1C. The quantitative estimate of drug-likeness (QED) is 0.893. The van der Waals surface area contributed by atoms with Gasteiger partial charge in [-0.15, -0.1) is 0 Å². The van der Waals surface area contributed by atoms with E-state index in [4.69, 9.17) is 4.74 Å². The van der Waals surface area contributed by atoms with Crippen molar-refractivity contribution < 1.29 is 9.13 Å². The Morgan fingerprint density at radius 3 is 2.68 bits per heavy atom. The van der Waals surface area contributed by atoms with Gasteiger partial charge in [-0.1, -0.05) is 18.2 Å². The molecule has 2 nitrogen and oxygen atoms in total. The van der Waals surface area contributed by atoms with E-state index in [0.717, 1.165) is 21.3 Å². The number of ether oxygens (including phenoxy) is 1. The predicted molar refractivity (Wildman–Crippen MR) is 79.2 cm³/mol. The minimum Gasteiger partial charge on any atom is -0.496 e. The second kappa shape index (κ2) is 6.06. The molecule has 4 heteroatoms. The van der Waals surface area contributed by atoms with Gasteiger partial charge >= 0.3 is 0 Å². The fraction of sp³-hybridized carbons (Fsp3) is 0.200. The first-order chi connectivity index (χ1) is 9.11. The van der Waals surface area contributed by atoms with Crippen LogP contribution in [0.2, 0.25) is 0 Å². The molecule has 0 aliphatic rings. The van der Waals surface area contributed by atoms with Crippen LogP contribution in [0.15, 0.2) is 40.9 Å². The van der Waals surface area contributed by atoms with Crippen molar-refractivity contribution in [2.45, 2.75) is 13.5 Å². The summed E-state index contributed by atoms with van der Waals surface area (Å²) in [6.45, 7) is 2.55. The number of halogens is 2. The molecule has 0 saturated heterocycles. The number of hydrogen-bond acceptors (Lipinski definition) is 2. The average Bonchev–Trinajstić information content (AvgIpc) is 2.38. The van der Waals surface area contributed by atoms with Gasteiger partial charge in [0.05, 0.1) is 12.8 Å². The second-order valence-corrected chi connectivity index (χ2v) is 5.11. The summed E-state index contributed by atoms with van der Waals surface area (Å²) in [6, 6.07) is 10.8. The van der Waals surface area contributed by atoms with Gasteiger partial charge in [-0.25, -0.2) is 4.39 Å². The Hall–Kier alpha value is -1.55. The summed E-state index contributed by atoms with van der Waals surface area (Å²) in [5.74, 6) is 0.593. The molecule has 0 radical (unpaired) electrons. The molecule has 0 heterocycles. The molecular weight excluding hydrogens is 309 g/mol. The van der Waals surface area contributed by atoms with Crippen LogP contribution < -0.4 is 10.1 Å². The Balaban J connectivity index is 2.13. The van der Waals surface area contributed by atoms with Gasteiger partial charge in [0.15, 0.2) is 0 Å². The van der Waals surface area contributed by atoms with E-state index in [0.29, 0.717) is 12.2 Å². The van der Waals surface area contributed by atoms with E-state index in [9.17, 15) is 4.39 Å². The summed E-state index contributed by atoms with van der Waals surface area (Å²) in [5.41, 5.74) is 2.62. The summed E-state index contributed by atoms with van der Waals surface area (Å²) in [7, 11) is 1.65. The summed E-state index contributed by atoms with van der Waals surface area (Å²) in [4.78, 5) is 0. The molecule has 2 rings (SSSR count). The number of para-hydroxylation sites is 1. The largest absolute Gasteiger partial charge is 0.496 e. The van der Waals surface area contributed by atoms with Crippen LogP contribution in [0.1, 0.15) is 11.1 Å². The van der Waals surface area contributed by atoms with Gasteiger partial charge in [0.25, 0.3) is 0 Å². The zero-order valence-corrected chi connectivity index (χ0v) is 12.4. The first-order valence-corrected chi connectivity index (χ1v) is 6.72. The Morgan fingerprint density at radius 1 is 1.26 bits per heavy atom. The third-order valence-electron chi connectivity index (χ3n) is 2.89. The topological polar surface area (TPSA) is 21.3 Å². The lowest BCUT2D eigenvalue weighted by Crippen LogP contribution is -2.02. The molecule has 0 aliphatic heterocycles. The van der Waals surface area contributed by atoms with Crippen LogP contribution in [-0.4, -0.2) is 7.11 Å². The smallest absolute Gasteiger partial charge is 0.147 e. The van der Waals surface area contributed by atoms with E-state index in [1.807, 2.05) is 31.2 Å². The van der Waals surface area contributed by atoms with Gasteiger partial charge in [-0.05, 0) is 52.2 Å². The standard InChI is InChI=1S/C15H15BrFNO/c1-10-8-11(6-7-14(10)19-2)9-18-15-12(16)4-3-5-13(15)17/h3-8,18H,9H2,1-2H3. The molecule has 0 spiro atoms. The fourth-order valence-electron chi connectivity index (χ4n) is 1.91. The molecule has 0 amide bonds. The van der Waals surface area contributed by atoms with Crippen molar-refractivity contribution in [3.63, 3.8) is 0 Å². The maximum absolute atomic E-state index is 13.6. The third kappa shape index (κ3) is 3.26. The number of benzene rings is 2. The molecule has 0 saturated carbocycles. The molecule has 0 aromatic heterocycles. The lowest BCUT2D eigenvalue weighted by Gasteiger charge is -2.11. The number of nitrogens with one attached hydrogen (secondary N) is 1. The van der Waals surface area contributed by atoms with Crippen molar-refractivity contribution in [2.75, 3.05) is 12.4 Å². The zero-order valence-electron chi connectivity index (χ0n) is 10.8. The molecule has 2 aromatic rings. The van der Waals surface area contributed by atoms with Crippen LogP contribution in [0, 0.1) is 12.7 Å². The van der Waals surface area contributed by atoms with Crippen LogP contribution >= 0.6 is 15.9 Å². The maximum Gasteiger partial charge on any atom is 0.147 e. The highest BCUT2D eigenvalue weighted by molar-refractivity contribution is 9.10. The summed E-state index contributed by atoms with van der Waals surface area (Å²) < 4.78 is 19.6. The van der Waals surface area contributed by atoms with E-state index in [1.54, 1.807) is 13.2 Å². The highest BCUT2D eigenvalue weighted by atomic mass is 79.9. The van der Waals surface area contributed by atoms with Crippen molar-refractivity contribution in [3.8, 4) is 5.75 Å². The van der Waals surface area contributed by atoms with Gasteiger partial charge in [0.1, 0.15) is 11.6 Å². The number of hydrogen-bond donors (Lipinski definition) is 1. The van der Waals surface area contributed by atoms with Gasteiger partial charge < -0.3 is 10.1 Å². The minimum atomic E-state index is -0.264. The van der Waals surface area contributed by atoms with Crippen molar-refractivity contribution in [1.29, 1.82) is 0 Å². The Labute approximate surface area is 120 Å². The second-order valence-electron chi connectivity index (χ2n) is 4.25. The van der Waals surface area contributed by atoms with Gasteiger partial charge in [-0.3, -0.25) is 0 Å². The van der Waals surface area contributed by atoms with E-state index in [-0.39, 0.29) is 5.82 Å². The van der Waals surface area contributed by atoms with Crippen molar-refractivity contribution in [2.24, 2.45) is 0 Å². The Bertz CT molecular complexity index is 566. The summed E-state index contributed by atoms with van der Waals surface area (Å²) >= 11 is 3.34. The molecule has 19 heavy (non-hydrogen) atoms. The first-order valence-electron chi connectivity index (χ1n) is 5.93. The van der Waals surface area contributed by atoms with Gasteiger partial charge in [0.2, 0.25) is 0 Å². The van der Waals surface area contributed by atoms with Crippen LogP contribution in [0.3, 0.4) is 0 Å². The molecule has 100 valence electrons. The predicted octanol–water partition coefficient (Wildman–Crippen LogP) is 4.52. The van der Waals surface area contributed by atoms with Crippen molar-refractivity contribution in [3.05, 3.63) is 57.8 Å². The fourth-order valence-corrected chi connectivity index (χ4v) is 2.39. The molecule has 0 bridgehead atoms. The monoisotopic (exact) mass is 323 g/mol. The molecule has 0 unspecified atom stereocenters. The normalized spacial score (nSPS) is 10.3. The molecule has 0 fully saturated rings. The van der Waals surface area contributed by atoms with E-state index < -0.39 is 0 Å². The molecule has 2 aromatic carbocycles. The summed E-state index contributed by atoms with van der Waals surface area (Å²) in [5, 5.41) is 3.10. The zero-order chi connectivity index (χ0) is 13.8. The number of methoxy groups -OCH3 is 1. The molecular formula is C15H15BrFNO. The molecule has 0 aliphatic carbocycles. The van der Waals surface area contributed by atoms with Crippen LogP contribution in [-0.2, 0) is 6.54 Å². The van der Waals surface area contributed by atoms with Crippen molar-refractivity contribution in [1.82, 2.24) is 0 Å². The Morgan fingerprint density at radius 2 is 2.05 bits per heavy atom. The highest BCUT2D eigenvalue weighted by Crippen LogP contribution is 2.26. The van der Waals surface area contributed by atoms with Crippen LogP contribution in [0.5, 0.6) is 5.75 Å². The van der Waals surface area contributed by atoms with E-state index in [2.05, 4.69) is 21.2 Å². The van der Waals surface area contributed by atoms with E-state index in [1.165, 1.54) is 6.07 Å². The lowest BCUT2D eigenvalue weighted by atomic mass is 10.1. The maximum atomic E-state index is 13.6. The third-order valence-corrected chi connectivity index (χ3v) is 3.55. The van der Waals surface area contributed by atoms with Crippen LogP contribution in [0.4, 0.5) is 10.1 Å². The average molecular weight is 324 g/mol. The van der Waals surface area contributed by atoms with Crippen LogP contribution in [0.25, 0.3) is 0 Å². The Kier molecular flexibility index (Phi) is 4.43. The highest BCUT2D eigenvalue weighted by Gasteiger charge is 2.06. The number of aryl methyl sites for hydroxylation is 1. The van der Waals surface area contributed by atoms with Gasteiger partial charge in [0, 0.05) is 11.0 Å². The molecule has 0 atom stereocenters. The van der Waals surface area contributed by atoms with E-state index >= 15 is 0 Å². The first kappa shape index (κ1) is 13.9. The van der Waals surface area contributed by atoms with Gasteiger partial charge in [-0.2, -0.15) is 0 Å². The van der Waals surface area contributed by atoms with Crippen molar-refractivity contribution >= 4 is 21.6 Å².